The molecule has 18 heavy (non-hydrogen) atoms. The summed E-state index contributed by atoms with van der Waals surface area (Å²) in [7, 11) is 3.47. The first-order chi connectivity index (χ1) is 8.61. The molecule has 0 aliphatic carbocycles. The molecule has 0 fully saturated rings. The highest BCUT2D eigenvalue weighted by Crippen LogP contribution is 2.28. The monoisotopic (exact) mass is 266 g/mol. The number of anilines is 3. The van der Waals surface area contributed by atoms with Crippen LogP contribution >= 0.6 is 11.6 Å². The SMILES string of the molecule is CNc1cc(N(C)c2cc(Cl)ccc2F)ncn1. The van der Waals surface area contributed by atoms with Gasteiger partial charge in [-0.3, -0.25) is 0 Å². The molecule has 0 bridgehead atoms. The van der Waals surface area contributed by atoms with E-state index in [0.29, 0.717) is 22.3 Å². The molecule has 1 heterocycles. The van der Waals surface area contributed by atoms with Crippen LogP contribution < -0.4 is 10.2 Å². The van der Waals surface area contributed by atoms with Gasteiger partial charge in [0, 0.05) is 25.2 Å². The van der Waals surface area contributed by atoms with Crippen LogP contribution in [0.4, 0.5) is 21.7 Å². The van der Waals surface area contributed by atoms with E-state index in [2.05, 4.69) is 15.3 Å². The molecular formula is C12H12ClFN4. The highest BCUT2D eigenvalue weighted by molar-refractivity contribution is 6.30. The second-order valence-electron chi connectivity index (χ2n) is 3.67. The molecule has 0 amide bonds. The fraction of sp³-hybridized carbons (Fsp3) is 0.167. The Morgan fingerprint density at radius 1 is 1.28 bits per heavy atom. The first-order valence-corrected chi connectivity index (χ1v) is 5.68. The molecule has 2 aromatic rings. The van der Waals surface area contributed by atoms with Crippen molar-refractivity contribution < 1.29 is 4.39 Å². The second-order valence-corrected chi connectivity index (χ2v) is 4.10. The smallest absolute Gasteiger partial charge is 0.146 e. The van der Waals surface area contributed by atoms with Gasteiger partial charge in [-0.1, -0.05) is 11.6 Å². The summed E-state index contributed by atoms with van der Waals surface area (Å²) in [6, 6.07) is 6.11. The lowest BCUT2D eigenvalue weighted by Gasteiger charge is -2.19. The first-order valence-electron chi connectivity index (χ1n) is 5.30. The Morgan fingerprint density at radius 3 is 2.78 bits per heavy atom. The van der Waals surface area contributed by atoms with E-state index in [1.165, 1.54) is 18.5 Å². The van der Waals surface area contributed by atoms with Gasteiger partial charge < -0.3 is 10.2 Å². The van der Waals surface area contributed by atoms with Crippen LogP contribution in [-0.2, 0) is 0 Å². The first kappa shape index (κ1) is 12.6. The maximum absolute atomic E-state index is 13.7. The summed E-state index contributed by atoms with van der Waals surface area (Å²) in [5.41, 5.74) is 0.364. The zero-order valence-electron chi connectivity index (χ0n) is 9.98. The summed E-state index contributed by atoms with van der Waals surface area (Å²) in [5, 5.41) is 3.38. The third-order valence-corrected chi connectivity index (χ3v) is 2.76. The van der Waals surface area contributed by atoms with E-state index in [9.17, 15) is 4.39 Å². The molecular weight excluding hydrogens is 255 g/mol. The number of hydrogen-bond acceptors (Lipinski definition) is 4. The minimum atomic E-state index is -0.355. The van der Waals surface area contributed by atoms with Crippen molar-refractivity contribution in [2.24, 2.45) is 0 Å². The van der Waals surface area contributed by atoms with Gasteiger partial charge in [-0.2, -0.15) is 0 Å². The Kier molecular flexibility index (Phi) is 3.62. The lowest BCUT2D eigenvalue weighted by atomic mass is 10.3. The number of rotatable bonds is 3. The van der Waals surface area contributed by atoms with Gasteiger partial charge in [-0.05, 0) is 18.2 Å². The van der Waals surface area contributed by atoms with Crippen molar-refractivity contribution in [1.82, 2.24) is 9.97 Å². The molecule has 0 saturated carbocycles. The van der Waals surface area contributed by atoms with Gasteiger partial charge >= 0.3 is 0 Å². The van der Waals surface area contributed by atoms with Crippen LogP contribution in [-0.4, -0.2) is 24.1 Å². The van der Waals surface area contributed by atoms with E-state index >= 15 is 0 Å². The molecule has 2 rings (SSSR count). The van der Waals surface area contributed by atoms with Gasteiger partial charge in [0.1, 0.15) is 23.8 Å². The zero-order chi connectivity index (χ0) is 13.1. The summed E-state index contributed by atoms with van der Waals surface area (Å²) >= 11 is 5.87. The van der Waals surface area contributed by atoms with Crippen molar-refractivity contribution >= 4 is 28.9 Å². The lowest BCUT2D eigenvalue weighted by Crippen LogP contribution is -2.13. The van der Waals surface area contributed by atoms with Crippen molar-refractivity contribution in [3.05, 3.63) is 41.4 Å². The molecule has 94 valence electrons. The predicted molar refractivity (Wildman–Crippen MR) is 71.1 cm³/mol. The highest BCUT2D eigenvalue weighted by atomic mass is 35.5. The minimum absolute atomic E-state index is 0.355. The van der Waals surface area contributed by atoms with Crippen LogP contribution in [0.3, 0.4) is 0 Å². The lowest BCUT2D eigenvalue weighted by molar-refractivity contribution is 0.627. The Bertz CT molecular complexity index is 562. The van der Waals surface area contributed by atoms with Crippen LogP contribution in [0.5, 0.6) is 0 Å². The van der Waals surface area contributed by atoms with Crippen molar-refractivity contribution in [2.45, 2.75) is 0 Å². The van der Waals surface area contributed by atoms with Crippen molar-refractivity contribution in [3.63, 3.8) is 0 Å². The number of halogens is 2. The molecule has 0 unspecified atom stereocenters. The molecule has 6 heteroatoms. The molecule has 1 aromatic heterocycles. The average molecular weight is 267 g/mol. The summed E-state index contributed by atoms with van der Waals surface area (Å²) in [6.45, 7) is 0. The molecule has 0 saturated heterocycles. The third kappa shape index (κ3) is 2.51. The Balaban J connectivity index is 2.40. The summed E-state index contributed by atoms with van der Waals surface area (Å²) in [6.07, 6.45) is 1.42. The van der Waals surface area contributed by atoms with E-state index in [1.54, 1.807) is 31.1 Å². The van der Waals surface area contributed by atoms with Crippen LogP contribution in [0.25, 0.3) is 0 Å². The fourth-order valence-corrected chi connectivity index (χ4v) is 1.70. The van der Waals surface area contributed by atoms with E-state index < -0.39 is 0 Å². The van der Waals surface area contributed by atoms with Crippen LogP contribution in [0.15, 0.2) is 30.6 Å². The quantitative estimate of drug-likeness (QED) is 0.927. The summed E-state index contributed by atoms with van der Waals surface area (Å²) in [4.78, 5) is 9.72. The number of nitrogens with zero attached hydrogens (tertiary/aromatic N) is 3. The summed E-state index contributed by atoms with van der Waals surface area (Å²) < 4.78 is 13.7. The van der Waals surface area contributed by atoms with Gasteiger partial charge in [-0.25, -0.2) is 14.4 Å². The average Bonchev–Trinajstić information content (AvgIpc) is 2.41. The third-order valence-electron chi connectivity index (χ3n) is 2.52. The molecule has 4 nitrogen and oxygen atoms in total. The van der Waals surface area contributed by atoms with Crippen molar-refractivity contribution in [1.29, 1.82) is 0 Å². The van der Waals surface area contributed by atoms with E-state index in [4.69, 9.17) is 11.6 Å². The number of aromatic nitrogens is 2. The predicted octanol–water partition coefficient (Wildman–Crippen LogP) is 3.08. The zero-order valence-corrected chi connectivity index (χ0v) is 10.7. The number of hydrogen-bond donors (Lipinski definition) is 1. The molecule has 0 radical (unpaired) electrons. The number of nitrogens with one attached hydrogen (secondary N) is 1. The highest BCUT2D eigenvalue weighted by Gasteiger charge is 2.11. The molecule has 1 aromatic carbocycles. The van der Waals surface area contributed by atoms with E-state index in [-0.39, 0.29) is 5.82 Å². The van der Waals surface area contributed by atoms with Gasteiger partial charge in [-0.15, -0.1) is 0 Å². The molecule has 0 atom stereocenters. The van der Waals surface area contributed by atoms with Crippen LogP contribution in [0.1, 0.15) is 0 Å². The fourth-order valence-electron chi connectivity index (χ4n) is 1.53. The maximum Gasteiger partial charge on any atom is 0.146 e. The van der Waals surface area contributed by atoms with Gasteiger partial charge in [0.15, 0.2) is 0 Å². The summed E-state index contributed by atoms with van der Waals surface area (Å²) in [5.74, 6) is 0.885. The number of benzene rings is 1. The van der Waals surface area contributed by atoms with E-state index in [0.717, 1.165) is 0 Å². The largest absolute Gasteiger partial charge is 0.373 e. The minimum Gasteiger partial charge on any atom is -0.373 e. The topological polar surface area (TPSA) is 41.0 Å². The maximum atomic E-state index is 13.7. The van der Waals surface area contributed by atoms with Crippen LogP contribution in [0.2, 0.25) is 5.02 Å². The second kappa shape index (κ2) is 5.18. The van der Waals surface area contributed by atoms with E-state index in [1.807, 2.05) is 0 Å². The Morgan fingerprint density at radius 2 is 2.06 bits per heavy atom. The van der Waals surface area contributed by atoms with Crippen molar-refractivity contribution in [3.8, 4) is 0 Å². The van der Waals surface area contributed by atoms with Crippen LogP contribution in [0, 0.1) is 5.82 Å². The molecule has 0 aliphatic heterocycles. The van der Waals surface area contributed by atoms with Gasteiger partial charge in [0.25, 0.3) is 0 Å². The van der Waals surface area contributed by atoms with Crippen molar-refractivity contribution in [2.75, 3.05) is 24.3 Å². The standard InChI is InChI=1S/C12H12ClFN4/c1-15-11-6-12(17-7-16-11)18(2)10-5-8(13)3-4-9(10)14/h3-7H,1-2H3,(H,15,16,17). The molecule has 0 aliphatic rings. The Hall–Kier alpha value is -1.88. The van der Waals surface area contributed by atoms with Gasteiger partial charge in [0.2, 0.25) is 0 Å². The van der Waals surface area contributed by atoms with Gasteiger partial charge in [0.05, 0.1) is 5.69 Å². The Labute approximate surface area is 109 Å². The normalized spacial score (nSPS) is 10.2. The molecule has 0 spiro atoms. The molecule has 1 N–H and O–H groups in total.